The van der Waals surface area contributed by atoms with Crippen LogP contribution in [-0.2, 0) is 26.2 Å². The summed E-state index contributed by atoms with van der Waals surface area (Å²) in [5.74, 6) is -0.803. The van der Waals surface area contributed by atoms with E-state index in [2.05, 4.69) is 21.2 Å². The second-order valence-electron chi connectivity index (χ2n) is 8.88. The summed E-state index contributed by atoms with van der Waals surface area (Å²) in [4.78, 5) is 28.5. The van der Waals surface area contributed by atoms with Crippen LogP contribution in [0.15, 0.2) is 46.9 Å². The van der Waals surface area contributed by atoms with Crippen molar-refractivity contribution in [2.45, 2.75) is 57.7 Å². The van der Waals surface area contributed by atoms with Gasteiger partial charge in [-0.2, -0.15) is 0 Å². The van der Waals surface area contributed by atoms with Gasteiger partial charge < -0.3 is 10.2 Å². The topological polar surface area (TPSA) is 86.8 Å². The SMILES string of the molecule is CCC(C(=O)NC1CCCC1)N(Cc1c(Cl)cccc1Cl)C(=O)CN(c1ccc(Br)cc1)S(C)(=O)=O. The number of carbonyl (C=O) groups is 2. The van der Waals surface area contributed by atoms with Crippen molar-refractivity contribution in [3.63, 3.8) is 0 Å². The van der Waals surface area contributed by atoms with Crippen molar-refractivity contribution in [3.8, 4) is 0 Å². The summed E-state index contributed by atoms with van der Waals surface area (Å²) in [5.41, 5.74) is 0.837. The third-order valence-electron chi connectivity index (χ3n) is 6.27. The first-order valence-corrected chi connectivity index (χ1v) is 15.2. The lowest BCUT2D eigenvalue weighted by Crippen LogP contribution is -2.53. The molecule has 1 aliphatic rings. The third-order valence-corrected chi connectivity index (χ3v) is 8.65. The van der Waals surface area contributed by atoms with Gasteiger partial charge in [-0.1, -0.05) is 65.0 Å². The Hall–Kier alpha value is -1.81. The van der Waals surface area contributed by atoms with E-state index in [1.165, 1.54) is 4.90 Å². The molecule has 0 radical (unpaired) electrons. The molecule has 0 saturated heterocycles. The summed E-state index contributed by atoms with van der Waals surface area (Å²) in [6.07, 6.45) is 5.28. The summed E-state index contributed by atoms with van der Waals surface area (Å²) in [7, 11) is -3.80. The molecule has 0 aromatic heterocycles. The Bertz CT molecular complexity index is 1170. The van der Waals surface area contributed by atoms with Crippen molar-refractivity contribution in [1.29, 1.82) is 0 Å². The van der Waals surface area contributed by atoms with E-state index in [-0.39, 0.29) is 18.5 Å². The number of carbonyl (C=O) groups excluding carboxylic acids is 2. The van der Waals surface area contributed by atoms with Gasteiger partial charge in [0.15, 0.2) is 0 Å². The van der Waals surface area contributed by atoms with E-state index < -0.39 is 28.5 Å². The van der Waals surface area contributed by atoms with Crippen LogP contribution in [0.2, 0.25) is 10.0 Å². The zero-order valence-corrected chi connectivity index (χ0v) is 24.1. The molecular weight excluding hydrogens is 589 g/mol. The predicted octanol–water partition coefficient (Wildman–Crippen LogP) is 5.39. The molecule has 1 fully saturated rings. The molecule has 7 nitrogen and oxygen atoms in total. The van der Waals surface area contributed by atoms with Crippen LogP contribution in [-0.4, -0.2) is 50.0 Å². The molecule has 0 heterocycles. The average Bonchev–Trinajstić information content (AvgIpc) is 3.32. The standard InChI is InChI=1S/C25H30BrCl2N3O4S/c1-3-23(25(33)29-18-7-4-5-8-18)30(15-20-21(27)9-6-10-22(20)28)24(32)16-31(36(2,34)35)19-13-11-17(26)12-14-19/h6,9-14,18,23H,3-5,7-8,15-16H2,1-2H3,(H,29,33). The van der Waals surface area contributed by atoms with Gasteiger partial charge >= 0.3 is 0 Å². The second-order valence-corrected chi connectivity index (χ2v) is 12.5. The molecule has 0 aliphatic heterocycles. The van der Waals surface area contributed by atoms with Crippen LogP contribution in [0.5, 0.6) is 0 Å². The van der Waals surface area contributed by atoms with Crippen LogP contribution >= 0.6 is 39.1 Å². The number of rotatable bonds is 10. The Morgan fingerprint density at radius 1 is 1.08 bits per heavy atom. The smallest absolute Gasteiger partial charge is 0.244 e. The highest BCUT2D eigenvalue weighted by atomic mass is 79.9. The number of halogens is 3. The fourth-order valence-corrected chi connectivity index (χ4v) is 5.99. The van der Waals surface area contributed by atoms with Gasteiger partial charge in [0, 0.05) is 32.7 Å². The molecule has 1 aliphatic carbocycles. The van der Waals surface area contributed by atoms with Gasteiger partial charge in [-0.05, 0) is 55.7 Å². The average molecular weight is 619 g/mol. The zero-order chi connectivity index (χ0) is 26.5. The number of sulfonamides is 1. The number of benzene rings is 2. The maximum atomic E-state index is 13.8. The Morgan fingerprint density at radius 3 is 2.19 bits per heavy atom. The molecule has 2 aromatic carbocycles. The molecule has 196 valence electrons. The van der Waals surface area contributed by atoms with Gasteiger partial charge in [0.25, 0.3) is 0 Å². The van der Waals surface area contributed by atoms with E-state index in [4.69, 9.17) is 23.2 Å². The quantitative estimate of drug-likeness (QED) is 0.387. The maximum Gasteiger partial charge on any atom is 0.244 e. The van der Waals surface area contributed by atoms with Crippen molar-refractivity contribution in [3.05, 3.63) is 62.5 Å². The lowest BCUT2D eigenvalue weighted by molar-refractivity contribution is -0.140. The monoisotopic (exact) mass is 617 g/mol. The fourth-order valence-electron chi connectivity index (χ4n) is 4.36. The highest BCUT2D eigenvalue weighted by Crippen LogP contribution is 2.28. The highest BCUT2D eigenvalue weighted by molar-refractivity contribution is 9.10. The highest BCUT2D eigenvalue weighted by Gasteiger charge is 2.33. The molecule has 1 saturated carbocycles. The summed E-state index contributed by atoms with van der Waals surface area (Å²) >= 11 is 16.1. The normalized spacial score (nSPS) is 14.9. The van der Waals surface area contributed by atoms with Gasteiger partial charge in [0.2, 0.25) is 21.8 Å². The number of nitrogens with zero attached hydrogens (tertiary/aromatic N) is 2. The Labute approximate surface area is 231 Å². The van der Waals surface area contributed by atoms with Crippen LogP contribution in [0.25, 0.3) is 0 Å². The molecule has 0 spiro atoms. The van der Waals surface area contributed by atoms with Gasteiger partial charge in [0.1, 0.15) is 12.6 Å². The summed E-state index contributed by atoms with van der Waals surface area (Å²) in [6.45, 7) is 1.30. The largest absolute Gasteiger partial charge is 0.352 e. The molecule has 1 N–H and O–H groups in total. The molecule has 36 heavy (non-hydrogen) atoms. The first kappa shape index (κ1) is 28.8. The summed E-state index contributed by atoms with van der Waals surface area (Å²) in [6, 6.07) is 10.9. The summed E-state index contributed by atoms with van der Waals surface area (Å²) < 4.78 is 27.1. The van der Waals surface area contributed by atoms with Crippen molar-refractivity contribution in [1.82, 2.24) is 10.2 Å². The number of anilines is 1. The van der Waals surface area contributed by atoms with Gasteiger partial charge in [0.05, 0.1) is 11.9 Å². The third kappa shape index (κ3) is 7.37. The molecule has 0 bridgehead atoms. The Morgan fingerprint density at radius 2 is 1.67 bits per heavy atom. The minimum absolute atomic E-state index is 0.0358. The van der Waals surface area contributed by atoms with Crippen LogP contribution < -0.4 is 9.62 Å². The zero-order valence-electron chi connectivity index (χ0n) is 20.2. The molecule has 2 amide bonds. The van der Waals surface area contributed by atoms with E-state index in [1.807, 2.05) is 6.92 Å². The predicted molar refractivity (Wildman–Crippen MR) is 148 cm³/mol. The van der Waals surface area contributed by atoms with Gasteiger partial charge in [-0.3, -0.25) is 13.9 Å². The molecule has 3 rings (SSSR count). The Kier molecular flexibility index (Phi) is 10.1. The van der Waals surface area contributed by atoms with Crippen molar-refractivity contribution >= 4 is 66.7 Å². The molecular formula is C25H30BrCl2N3O4S. The van der Waals surface area contributed by atoms with Crippen molar-refractivity contribution in [2.75, 3.05) is 17.1 Å². The van der Waals surface area contributed by atoms with Gasteiger partial charge in [-0.25, -0.2) is 8.42 Å². The number of nitrogens with one attached hydrogen (secondary N) is 1. The number of hydrogen-bond donors (Lipinski definition) is 1. The lowest BCUT2D eigenvalue weighted by atomic mass is 10.1. The van der Waals surface area contributed by atoms with E-state index >= 15 is 0 Å². The van der Waals surface area contributed by atoms with Crippen LogP contribution in [0, 0.1) is 0 Å². The van der Waals surface area contributed by atoms with Crippen molar-refractivity contribution in [2.24, 2.45) is 0 Å². The van der Waals surface area contributed by atoms with Gasteiger partial charge in [-0.15, -0.1) is 0 Å². The van der Waals surface area contributed by atoms with E-state index in [9.17, 15) is 18.0 Å². The molecule has 11 heteroatoms. The minimum atomic E-state index is -3.80. The van der Waals surface area contributed by atoms with Crippen LogP contribution in [0.1, 0.15) is 44.6 Å². The summed E-state index contributed by atoms with van der Waals surface area (Å²) in [5, 5.41) is 3.79. The Balaban J connectivity index is 1.96. The maximum absolute atomic E-state index is 13.8. The first-order valence-electron chi connectivity index (χ1n) is 11.8. The van der Waals surface area contributed by atoms with Crippen molar-refractivity contribution < 1.29 is 18.0 Å². The first-order chi connectivity index (χ1) is 17.0. The van der Waals surface area contributed by atoms with Crippen LogP contribution in [0.3, 0.4) is 0 Å². The number of hydrogen-bond acceptors (Lipinski definition) is 4. The fraction of sp³-hybridized carbons (Fsp3) is 0.440. The van der Waals surface area contributed by atoms with Crippen LogP contribution in [0.4, 0.5) is 5.69 Å². The molecule has 2 aromatic rings. The van der Waals surface area contributed by atoms with E-state index in [1.54, 1.807) is 42.5 Å². The minimum Gasteiger partial charge on any atom is -0.352 e. The molecule has 1 unspecified atom stereocenters. The second kappa shape index (κ2) is 12.6. The molecule has 1 atom stereocenters. The van der Waals surface area contributed by atoms with E-state index in [0.29, 0.717) is 27.7 Å². The number of amides is 2. The van der Waals surface area contributed by atoms with E-state index in [0.717, 1.165) is 40.7 Å². The lowest BCUT2D eigenvalue weighted by Gasteiger charge is -2.33.